The van der Waals surface area contributed by atoms with Gasteiger partial charge in [-0.25, -0.2) is 4.39 Å². The number of hydrogen-bond donors (Lipinski definition) is 0. The molecule has 8 heteroatoms. The van der Waals surface area contributed by atoms with E-state index in [0.717, 1.165) is 28.8 Å². The van der Waals surface area contributed by atoms with Gasteiger partial charge in [-0.2, -0.15) is 0 Å². The minimum atomic E-state index is -0.334. The molecule has 4 rings (SSSR count). The van der Waals surface area contributed by atoms with Crippen LogP contribution >= 0.6 is 11.3 Å². The zero-order valence-electron chi connectivity index (χ0n) is 21.5. The van der Waals surface area contributed by atoms with Crippen molar-refractivity contribution in [3.05, 3.63) is 81.3 Å². The van der Waals surface area contributed by atoms with Gasteiger partial charge in [0.05, 0.1) is 27.2 Å². The third kappa shape index (κ3) is 7.32. The standard InChI is InChI=1S/C29H33FN2O4S/c1-20-4-12-25(37-20)18-31(15-14-22-7-13-26(35-2)27(16-22)36-3)29(34)19-32(24-10-11-24)28(33)17-21-5-8-23(30)9-6-21/h4-9,12-13,16,24H,10-11,14-15,17-19H2,1-3H3. The summed E-state index contributed by atoms with van der Waals surface area (Å²) < 4.78 is 24.0. The summed E-state index contributed by atoms with van der Waals surface area (Å²) >= 11 is 1.67. The first-order valence-corrected chi connectivity index (χ1v) is 13.3. The van der Waals surface area contributed by atoms with Gasteiger partial charge in [0.1, 0.15) is 12.4 Å². The van der Waals surface area contributed by atoms with Crippen molar-refractivity contribution >= 4 is 23.2 Å². The lowest BCUT2D eigenvalue weighted by Crippen LogP contribution is -2.44. The highest BCUT2D eigenvalue weighted by Gasteiger charge is 2.34. The number of methoxy groups -OCH3 is 2. The fourth-order valence-electron chi connectivity index (χ4n) is 4.28. The van der Waals surface area contributed by atoms with Crippen molar-refractivity contribution in [2.24, 2.45) is 0 Å². The van der Waals surface area contributed by atoms with Crippen molar-refractivity contribution in [3.63, 3.8) is 0 Å². The number of rotatable bonds is 12. The normalized spacial score (nSPS) is 12.8. The largest absolute Gasteiger partial charge is 0.493 e. The van der Waals surface area contributed by atoms with E-state index < -0.39 is 0 Å². The fraction of sp³-hybridized carbons (Fsp3) is 0.379. The summed E-state index contributed by atoms with van der Waals surface area (Å²) in [6, 6.07) is 15.9. The summed E-state index contributed by atoms with van der Waals surface area (Å²) in [5.74, 6) is 0.797. The minimum absolute atomic E-state index is 0.0426. The number of benzene rings is 2. The zero-order valence-corrected chi connectivity index (χ0v) is 22.4. The summed E-state index contributed by atoms with van der Waals surface area (Å²) in [5.41, 5.74) is 1.77. The van der Waals surface area contributed by atoms with Gasteiger partial charge < -0.3 is 19.3 Å². The SMILES string of the molecule is COc1ccc(CCN(Cc2ccc(C)s2)C(=O)CN(C(=O)Cc2ccc(F)cc2)C2CC2)cc1OC. The molecule has 0 radical (unpaired) electrons. The van der Waals surface area contributed by atoms with Crippen LogP contribution in [-0.2, 0) is 29.0 Å². The van der Waals surface area contributed by atoms with E-state index in [9.17, 15) is 14.0 Å². The van der Waals surface area contributed by atoms with Crippen LogP contribution < -0.4 is 9.47 Å². The van der Waals surface area contributed by atoms with Crippen LogP contribution in [0.15, 0.2) is 54.6 Å². The van der Waals surface area contributed by atoms with E-state index in [0.29, 0.717) is 31.0 Å². The molecule has 0 atom stereocenters. The number of thiophene rings is 1. The predicted octanol–water partition coefficient (Wildman–Crippen LogP) is 5.02. The van der Waals surface area contributed by atoms with E-state index in [-0.39, 0.29) is 36.6 Å². The van der Waals surface area contributed by atoms with Crippen LogP contribution in [0.5, 0.6) is 11.5 Å². The van der Waals surface area contributed by atoms with Gasteiger partial charge in [0.2, 0.25) is 11.8 Å². The van der Waals surface area contributed by atoms with Crippen molar-refractivity contribution in [2.75, 3.05) is 27.3 Å². The Labute approximate surface area is 221 Å². The van der Waals surface area contributed by atoms with Gasteiger partial charge >= 0.3 is 0 Å². The van der Waals surface area contributed by atoms with E-state index in [1.165, 1.54) is 17.0 Å². The second-order valence-electron chi connectivity index (χ2n) is 9.32. The highest BCUT2D eigenvalue weighted by Crippen LogP contribution is 2.29. The Kier molecular flexibility index (Phi) is 8.82. The molecule has 1 heterocycles. The van der Waals surface area contributed by atoms with Crippen molar-refractivity contribution in [1.29, 1.82) is 0 Å². The van der Waals surface area contributed by atoms with E-state index in [4.69, 9.17) is 9.47 Å². The fourth-order valence-corrected chi connectivity index (χ4v) is 5.19. The van der Waals surface area contributed by atoms with Crippen LogP contribution in [0.25, 0.3) is 0 Å². The maximum atomic E-state index is 13.6. The molecule has 0 spiro atoms. The molecule has 2 amide bonds. The molecule has 1 aliphatic rings. The molecule has 1 aliphatic carbocycles. The van der Waals surface area contributed by atoms with Crippen LogP contribution in [0.3, 0.4) is 0 Å². The molecule has 1 saturated carbocycles. The molecule has 37 heavy (non-hydrogen) atoms. The van der Waals surface area contributed by atoms with E-state index in [1.807, 2.05) is 30.0 Å². The van der Waals surface area contributed by atoms with Gasteiger partial charge in [0.15, 0.2) is 11.5 Å². The second-order valence-corrected chi connectivity index (χ2v) is 10.7. The third-order valence-electron chi connectivity index (χ3n) is 6.50. The molecule has 0 N–H and O–H groups in total. The Morgan fingerprint density at radius 1 is 0.946 bits per heavy atom. The highest BCUT2D eigenvalue weighted by molar-refractivity contribution is 7.11. The Morgan fingerprint density at radius 2 is 1.65 bits per heavy atom. The Hall–Kier alpha value is -3.39. The summed E-state index contributed by atoms with van der Waals surface area (Å²) in [6.07, 6.45) is 2.60. The monoisotopic (exact) mass is 524 g/mol. The highest BCUT2D eigenvalue weighted by atomic mass is 32.1. The average Bonchev–Trinajstić information content (AvgIpc) is 3.66. The van der Waals surface area contributed by atoms with Crippen LogP contribution in [0.4, 0.5) is 4.39 Å². The molecule has 2 aromatic carbocycles. The topological polar surface area (TPSA) is 59.1 Å². The Balaban J connectivity index is 1.47. The van der Waals surface area contributed by atoms with E-state index >= 15 is 0 Å². The molecule has 0 aliphatic heterocycles. The van der Waals surface area contributed by atoms with Gasteiger partial charge in [0, 0.05) is 22.3 Å². The van der Waals surface area contributed by atoms with Gasteiger partial charge in [-0.15, -0.1) is 11.3 Å². The average molecular weight is 525 g/mol. The molecule has 0 saturated heterocycles. The maximum absolute atomic E-state index is 13.6. The molecule has 196 valence electrons. The van der Waals surface area contributed by atoms with Gasteiger partial charge in [-0.3, -0.25) is 9.59 Å². The number of carbonyl (C=O) groups is 2. The lowest BCUT2D eigenvalue weighted by molar-refractivity contribution is -0.141. The van der Waals surface area contributed by atoms with Crippen LogP contribution in [0.1, 0.15) is 33.7 Å². The molecular formula is C29H33FN2O4S. The minimum Gasteiger partial charge on any atom is -0.493 e. The van der Waals surface area contributed by atoms with E-state index in [1.54, 1.807) is 42.6 Å². The maximum Gasteiger partial charge on any atom is 0.242 e. The van der Waals surface area contributed by atoms with Crippen LogP contribution in [0.2, 0.25) is 0 Å². The van der Waals surface area contributed by atoms with Gasteiger partial charge in [-0.1, -0.05) is 18.2 Å². The first-order valence-electron chi connectivity index (χ1n) is 12.4. The molecule has 1 aromatic heterocycles. The molecular weight excluding hydrogens is 491 g/mol. The molecule has 3 aromatic rings. The van der Waals surface area contributed by atoms with Crippen molar-refractivity contribution in [3.8, 4) is 11.5 Å². The number of ether oxygens (including phenoxy) is 2. The zero-order chi connectivity index (χ0) is 26.4. The molecule has 1 fully saturated rings. The number of halogens is 1. The number of hydrogen-bond acceptors (Lipinski definition) is 5. The third-order valence-corrected chi connectivity index (χ3v) is 7.48. The van der Waals surface area contributed by atoms with E-state index in [2.05, 4.69) is 12.1 Å². The van der Waals surface area contributed by atoms with Gasteiger partial charge in [-0.05, 0) is 73.7 Å². The number of nitrogens with zero attached hydrogens (tertiary/aromatic N) is 2. The summed E-state index contributed by atoms with van der Waals surface area (Å²) in [6.45, 7) is 3.10. The first kappa shape index (κ1) is 26.7. The molecule has 0 unspecified atom stereocenters. The lowest BCUT2D eigenvalue weighted by Gasteiger charge is -2.28. The summed E-state index contributed by atoms with van der Waals surface area (Å²) in [5, 5.41) is 0. The van der Waals surface area contributed by atoms with Crippen molar-refractivity contribution in [1.82, 2.24) is 9.80 Å². The Bertz CT molecular complexity index is 1220. The number of amides is 2. The molecule has 6 nitrogen and oxygen atoms in total. The number of carbonyl (C=O) groups excluding carboxylic acids is 2. The summed E-state index contributed by atoms with van der Waals surface area (Å²) in [7, 11) is 3.20. The van der Waals surface area contributed by atoms with Crippen LogP contribution in [-0.4, -0.2) is 55.0 Å². The predicted molar refractivity (Wildman–Crippen MR) is 143 cm³/mol. The van der Waals surface area contributed by atoms with Crippen molar-refractivity contribution in [2.45, 2.75) is 45.2 Å². The summed E-state index contributed by atoms with van der Waals surface area (Å²) in [4.78, 5) is 32.6. The molecule has 0 bridgehead atoms. The quantitative estimate of drug-likeness (QED) is 0.334. The second kappa shape index (κ2) is 12.2. The van der Waals surface area contributed by atoms with Crippen molar-refractivity contribution < 1.29 is 23.5 Å². The number of aryl methyl sites for hydroxylation is 1. The van der Waals surface area contributed by atoms with Gasteiger partial charge in [0.25, 0.3) is 0 Å². The lowest BCUT2D eigenvalue weighted by atomic mass is 10.1. The Morgan fingerprint density at radius 3 is 2.27 bits per heavy atom. The smallest absolute Gasteiger partial charge is 0.242 e. The first-order chi connectivity index (χ1) is 17.9. The van der Waals surface area contributed by atoms with Crippen LogP contribution in [0, 0.1) is 12.7 Å².